The van der Waals surface area contributed by atoms with Gasteiger partial charge >= 0.3 is 0 Å². The molecule has 0 atom stereocenters. The zero-order valence-corrected chi connectivity index (χ0v) is 18.6. The Labute approximate surface area is 190 Å². The lowest BCUT2D eigenvalue weighted by atomic mass is 10.2. The van der Waals surface area contributed by atoms with Gasteiger partial charge in [0.2, 0.25) is 5.91 Å². The predicted molar refractivity (Wildman–Crippen MR) is 120 cm³/mol. The van der Waals surface area contributed by atoms with Crippen LogP contribution in [0.15, 0.2) is 53.3 Å². The number of anilines is 1. The number of amides is 1. The highest BCUT2D eigenvalue weighted by Crippen LogP contribution is 2.27. The molecule has 1 amide bonds. The number of pyridine rings is 1. The number of carbonyl (C=O) groups is 1. The van der Waals surface area contributed by atoms with Crippen LogP contribution in [0.3, 0.4) is 0 Å². The van der Waals surface area contributed by atoms with Crippen LogP contribution in [0, 0.1) is 11.6 Å². The summed E-state index contributed by atoms with van der Waals surface area (Å²) in [5.74, 6) is -1.26. The summed E-state index contributed by atoms with van der Waals surface area (Å²) in [6.45, 7) is 2.78. The van der Waals surface area contributed by atoms with Gasteiger partial charge in [-0.15, -0.1) is 21.5 Å². The second-order valence-corrected chi connectivity index (χ2v) is 8.50. The molecule has 0 aliphatic heterocycles. The van der Waals surface area contributed by atoms with Gasteiger partial charge in [0.05, 0.1) is 11.4 Å². The van der Waals surface area contributed by atoms with Gasteiger partial charge < -0.3 is 9.88 Å². The van der Waals surface area contributed by atoms with Gasteiger partial charge in [-0.2, -0.15) is 0 Å². The summed E-state index contributed by atoms with van der Waals surface area (Å²) < 4.78 is 28.6. The minimum absolute atomic E-state index is 0.123. The molecule has 0 bridgehead atoms. The Balaban J connectivity index is 1.41. The number of thiazole rings is 1. The molecule has 0 aliphatic carbocycles. The van der Waals surface area contributed by atoms with Crippen molar-refractivity contribution in [1.82, 2.24) is 24.7 Å². The number of hydrogen-bond acceptors (Lipinski definition) is 7. The van der Waals surface area contributed by atoms with E-state index in [2.05, 4.69) is 32.4 Å². The van der Waals surface area contributed by atoms with Crippen molar-refractivity contribution in [3.63, 3.8) is 0 Å². The Hall–Kier alpha value is -3.18. The summed E-state index contributed by atoms with van der Waals surface area (Å²) in [5.41, 5.74) is 1.80. The number of carbonyl (C=O) groups excluding carboxylic acids is 1. The third-order valence-corrected chi connectivity index (χ3v) is 6.13. The Morgan fingerprint density at radius 2 is 1.94 bits per heavy atom. The number of benzene rings is 1. The molecule has 0 spiro atoms. The first-order valence-corrected chi connectivity index (χ1v) is 11.6. The summed E-state index contributed by atoms with van der Waals surface area (Å²) in [4.78, 5) is 20.7. The minimum atomic E-state index is -0.945. The molecule has 164 valence electrons. The molecule has 0 saturated carbocycles. The van der Waals surface area contributed by atoms with Gasteiger partial charge in [0.1, 0.15) is 0 Å². The van der Waals surface area contributed by atoms with Crippen molar-refractivity contribution < 1.29 is 13.6 Å². The Bertz CT molecular complexity index is 1230. The molecule has 4 aromatic rings. The fourth-order valence-electron chi connectivity index (χ4n) is 2.94. The number of nitrogens with zero attached hydrogens (tertiary/aromatic N) is 5. The molecule has 0 unspecified atom stereocenters. The maximum Gasteiger partial charge on any atom is 0.236 e. The van der Waals surface area contributed by atoms with Crippen molar-refractivity contribution in [2.24, 2.45) is 0 Å². The molecule has 1 N–H and O–H groups in total. The molecule has 11 heteroatoms. The predicted octanol–water partition coefficient (Wildman–Crippen LogP) is 4.88. The topological polar surface area (TPSA) is 85.6 Å². The molecule has 7 nitrogen and oxygen atoms in total. The molecule has 32 heavy (non-hydrogen) atoms. The third kappa shape index (κ3) is 5.00. The average molecular weight is 473 g/mol. The summed E-state index contributed by atoms with van der Waals surface area (Å²) in [7, 11) is 0. The molecule has 0 radical (unpaired) electrons. The van der Waals surface area contributed by atoms with Crippen LogP contribution in [0.4, 0.5) is 13.9 Å². The SMILES string of the molecule is CCCn1c(SCC(=O)Nc2nc(-c3ccc(F)c(F)c3)cs2)nnc1-c1ccncc1. The zero-order chi connectivity index (χ0) is 22.5. The van der Waals surface area contributed by atoms with E-state index in [4.69, 9.17) is 0 Å². The van der Waals surface area contributed by atoms with Crippen molar-refractivity contribution >= 4 is 34.1 Å². The number of nitrogens with one attached hydrogen (secondary N) is 1. The molecule has 3 aromatic heterocycles. The quantitative estimate of drug-likeness (QED) is 0.368. The molecule has 0 saturated heterocycles. The monoisotopic (exact) mass is 472 g/mol. The largest absolute Gasteiger partial charge is 0.302 e. The first kappa shape index (κ1) is 22.0. The first-order valence-electron chi connectivity index (χ1n) is 9.72. The highest BCUT2D eigenvalue weighted by molar-refractivity contribution is 7.99. The zero-order valence-electron chi connectivity index (χ0n) is 17.0. The van der Waals surface area contributed by atoms with E-state index in [0.717, 1.165) is 36.5 Å². The highest BCUT2D eigenvalue weighted by Gasteiger charge is 2.16. The van der Waals surface area contributed by atoms with Crippen LogP contribution >= 0.6 is 23.1 Å². The summed E-state index contributed by atoms with van der Waals surface area (Å²) in [6, 6.07) is 7.29. The summed E-state index contributed by atoms with van der Waals surface area (Å²) >= 11 is 2.49. The number of halogens is 2. The molecule has 3 heterocycles. The maximum atomic E-state index is 13.5. The van der Waals surface area contributed by atoms with Crippen molar-refractivity contribution in [3.8, 4) is 22.6 Å². The normalized spacial score (nSPS) is 11.0. The van der Waals surface area contributed by atoms with E-state index in [1.165, 1.54) is 29.2 Å². The highest BCUT2D eigenvalue weighted by atomic mass is 32.2. The molecule has 0 fully saturated rings. The summed E-state index contributed by atoms with van der Waals surface area (Å²) in [6.07, 6.45) is 4.29. The van der Waals surface area contributed by atoms with E-state index in [-0.39, 0.29) is 11.7 Å². The number of thioether (sulfide) groups is 1. The van der Waals surface area contributed by atoms with Gasteiger partial charge in [-0.1, -0.05) is 18.7 Å². The number of rotatable bonds is 8. The Morgan fingerprint density at radius 3 is 2.69 bits per heavy atom. The van der Waals surface area contributed by atoms with Gasteiger partial charge in [-0.25, -0.2) is 13.8 Å². The fraction of sp³-hybridized carbons (Fsp3) is 0.190. The molecular formula is C21H18F2N6OS2. The van der Waals surface area contributed by atoms with Crippen molar-refractivity contribution in [3.05, 3.63) is 59.7 Å². The van der Waals surface area contributed by atoms with Crippen LogP contribution in [-0.2, 0) is 11.3 Å². The van der Waals surface area contributed by atoms with E-state index in [1.54, 1.807) is 17.8 Å². The van der Waals surface area contributed by atoms with Crippen molar-refractivity contribution in [2.45, 2.75) is 25.0 Å². The Morgan fingerprint density at radius 1 is 1.12 bits per heavy atom. The smallest absolute Gasteiger partial charge is 0.236 e. The van der Waals surface area contributed by atoms with Crippen LogP contribution in [-0.4, -0.2) is 36.4 Å². The third-order valence-electron chi connectivity index (χ3n) is 4.40. The van der Waals surface area contributed by atoms with E-state index in [9.17, 15) is 13.6 Å². The lowest BCUT2D eigenvalue weighted by Gasteiger charge is -2.08. The standard InChI is InChI=1S/C21H18F2N6OS2/c1-2-9-29-19(13-5-7-24-8-6-13)27-28-21(29)32-12-18(30)26-20-25-17(11-31-20)14-3-4-15(22)16(23)10-14/h3-8,10-11H,2,9,12H2,1H3,(H,25,26,30). The average Bonchev–Trinajstić information content (AvgIpc) is 3.42. The number of hydrogen-bond donors (Lipinski definition) is 1. The Kier molecular flexibility index (Phi) is 6.86. The van der Waals surface area contributed by atoms with E-state index < -0.39 is 11.6 Å². The van der Waals surface area contributed by atoms with Gasteiger partial charge in [0, 0.05) is 35.4 Å². The van der Waals surface area contributed by atoms with Crippen LogP contribution < -0.4 is 5.32 Å². The minimum Gasteiger partial charge on any atom is -0.302 e. The van der Waals surface area contributed by atoms with Crippen LogP contribution in [0.1, 0.15) is 13.3 Å². The van der Waals surface area contributed by atoms with Gasteiger partial charge in [-0.05, 0) is 36.8 Å². The first-order chi connectivity index (χ1) is 15.5. The van der Waals surface area contributed by atoms with Crippen LogP contribution in [0.2, 0.25) is 0 Å². The van der Waals surface area contributed by atoms with Crippen LogP contribution in [0.25, 0.3) is 22.6 Å². The second-order valence-electron chi connectivity index (χ2n) is 6.70. The van der Waals surface area contributed by atoms with Crippen LogP contribution in [0.5, 0.6) is 0 Å². The lowest BCUT2D eigenvalue weighted by molar-refractivity contribution is -0.113. The molecule has 4 rings (SSSR count). The summed E-state index contributed by atoms with van der Waals surface area (Å²) in [5, 5.41) is 14.0. The molecule has 1 aromatic carbocycles. The van der Waals surface area contributed by atoms with Crippen molar-refractivity contribution in [1.29, 1.82) is 0 Å². The second kappa shape index (κ2) is 9.96. The lowest BCUT2D eigenvalue weighted by Crippen LogP contribution is -2.14. The van der Waals surface area contributed by atoms with Crippen molar-refractivity contribution in [2.75, 3.05) is 11.1 Å². The fourth-order valence-corrected chi connectivity index (χ4v) is 4.44. The van der Waals surface area contributed by atoms with Gasteiger partial charge in [0.25, 0.3) is 0 Å². The molecule has 0 aliphatic rings. The van der Waals surface area contributed by atoms with E-state index in [1.807, 2.05) is 16.7 Å². The van der Waals surface area contributed by atoms with E-state index in [0.29, 0.717) is 21.5 Å². The van der Waals surface area contributed by atoms with Gasteiger partial charge in [-0.3, -0.25) is 9.78 Å². The van der Waals surface area contributed by atoms with Gasteiger partial charge in [0.15, 0.2) is 27.7 Å². The van der Waals surface area contributed by atoms with E-state index >= 15 is 0 Å². The maximum absolute atomic E-state index is 13.5. The number of aromatic nitrogens is 5. The molecular weight excluding hydrogens is 454 g/mol.